The third-order valence-corrected chi connectivity index (χ3v) is 0. The summed E-state index contributed by atoms with van der Waals surface area (Å²) in [7, 11) is -21.9. The minimum absolute atomic E-state index is 0. The summed E-state index contributed by atoms with van der Waals surface area (Å²) in [6, 6.07) is 0. The first-order valence-corrected chi connectivity index (χ1v) is 9.52. The van der Waals surface area contributed by atoms with Gasteiger partial charge >= 0.3 is 101 Å². The van der Waals surface area contributed by atoms with Gasteiger partial charge in [-0.05, 0) is 0 Å². The topological polar surface area (TPSA) is 99.5 Å². The van der Waals surface area contributed by atoms with Gasteiger partial charge in [0.05, 0.1) is 0 Å². The first-order valence-electron chi connectivity index (χ1n) is 3.86. The molecule has 0 atom stereocenters. The Labute approximate surface area is 198 Å². The Kier molecular flexibility index (Phi) is 289. The summed E-state index contributed by atoms with van der Waals surface area (Å²) < 4.78 is 184. The van der Waals surface area contributed by atoms with Gasteiger partial charge in [-0.3, -0.25) is 0 Å². The quantitative estimate of drug-likeness (QED) is 0.0794. The summed E-state index contributed by atoms with van der Waals surface area (Å²) in [4.78, 5) is 0. The molecule has 0 aliphatic heterocycles. The Balaban J connectivity index is -0.0000000140. The summed E-state index contributed by atoms with van der Waals surface area (Å²) in [5.41, 5.74) is 0. The van der Waals surface area contributed by atoms with E-state index < -0.39 is 44.3 Å². The molecule has 32 heavy (non-hydrogen) atoms. The van der Waals surface area contributed by atoms with Crippen molar-refractivity contribution in [2.24, 2.45) is 0 Å². The zero-order valence-electron chi connectivity index (χ0n) is 13.4. The molecule has 0 N–H and O–H groups in total. The van der Waals surface area contributed by atoms with E-state index in [1.54, 1.807) is 0 Å². The van der Waals surface area contributed by atoms with Crippen molar-refractivity contribution in [2.45, 2.75) is 0 Å². The van der Waals surface area contributed by atoms with Crippen LogP contribution in [0.4, 0.5) is 63.0 Å². The van der Waals surface area contributed by atoms with Crippen LogP contribution in [0.2, 0.25) is 0 Å². The van der Waals surface area contributed by atoms with Crippen LogP contribution in [-0.2, 0) is 57.4 Å². The molecular weight excluding hydrogens is 692 g/mol. The second-order valence-corrected chi connectivity index (χ2v) is 3.21. The van der Waals surface area contributed by atoms with Gasteiger partial charge in [0.15, 0.2) is 0 Å². The molecule has 0 spiro atoms. The van der Waals surface area contributed by atoms with Crippen LogP contribution in [0.3, 0.4) is 0 Å². The number of halogens is 15. The van der Waals surface area contributed by atoms with E-state index in [1.165, 1.54) is 0 Å². The van der Waals surface area contributed by atoms with Gasteiger partial charge in [-0.1, -0.05) is 0 Å². The molecule has 0 rings (SSSR count). The Bertz CT molecular complexity index is 242. The number of rotatable bonds is 0. The molecule has 0 fully saturated rings. The van der Waals surface area contributed by atoms with E-state index >= 15 is 0 Å². The molecule has 0 amide bonds. The molecule has 5 nitrogen and oxygen atoms in total. The summed E-state index contributed by atoms with van der Waals surface area (Å²) in [6.07, 6.45) is 0. The average Bonchev–Trinajstić information content (AvgIpc) is 2.61. The monoisotopic (exact) mass is 697 g/mol. The standard InChI is InChI=1S/5CO.5F3HP.2Fe/c5*1-2;5*1-4(2)3;;/h;;;;;5*4H;;/q;;;;;5*+1;;. The summed E-state index contributed by atoms with van der Waals surface area (Å²) in [6.45, 7) is 22.5. The molecule has 0 unspecified atom stereocenters. The predicted octanol–water partition coefficient (Wildman–Crippen LogP) is 9.08. The molecular formula is C5H5F15Fe2O5P5+5. The minimum atomic E-state index is -4.38. The average molecular weight is 697 g/mol. The summed E-state index contributed by atoms with van der Waals surface area (Å²) in [5, 5.41) is 0. The normalized spacial score (nSPS) is 5.94. The number of hydrogen-bond donors (Lipinski definition) is 0. The summed E-state index contributed by atoms with van der Waals surface area (Å²) >= 11 is 0. The first-order chi connectivity index (χ1) is 13.7. The maximum atomic E-state index is 9.77. The molecule has 0 aromatic rings. The molecule has 196 valence electrons. The fourth-order valence-electron chi connectivity index (χ4n) is 0. The van der Waals surface area contributed by atoms with Gasteiger partial charge in [0.1, 0.15) is 0 Å². The van der Waals surface area contributed by atoms with E-state index in [2.05, 4.69) is 33.3 Å². The van der Waals surface area contributed by atoms with E-state index in [-0.39, 0.29) is 34.1 Å². The van der Waals surface area contributed by atoms with Crippen LogP contribution < -0.4 is 0 Å². The third kappa shape index (κ3) is 39000. The van der Waals surface area contributed by atoms with E-state index in [0.717, 1.165) is 0 Å². The Morgan fingerprint density at radius 1 is 0.250 bits per heavy atom. The van der Waals surface area contributed by atoms with Gasteiger partial charge in [0.2, 0.25) is 0 Å². The second-order valence-electron chi connectivity index (χ2n) is 1.07. The smallest absolute Gasteiger partial charge is 0 e. The van der Waals surface area contributed by atoms with Crippen molar-refractivity contribution < 1.29 is 120 Å². The van der Waals surface area contributed by atoms with Crippen LogP contribution in [-0.4, -0.2) is 0 Å². The third-order valence-electron chi connectivity index (χ3n) is 0. The molecule has 0 aromatic heterocycles. The molecule has 27 heteroatoms. The van der Waals surface area contributed by atoms with Crippen molar-refractivity contribution in [3.63, 3.8) is 0 Å². The Hall–Kier alpha value is 0.839. The zero-order valence-corrected chi connectivity index (χ0v) is 20.6. The molecule has 0 bridgehead atoms. The number of hydrogen-bond acceptors (Lipinski definition) is 0. The molecule has 0 aliphatic carbocycles. The minimum Gasteiger partial charge on any atom is 0 e. The van der Waals surface area contributed by atoms with Crippen molar-refractivity contribution in [3.8, 4) is 0 Å². The molecule has 0 radical (unpaired) electrons. The molecule has 0 saturated heterocycles. The fourth-order valence-corrected chi connectivity index (χ4v) is 0. The molecule has 0 aliphatic rings. The van der Waals surface area contributed by atoms with E-state index in [9.17, 15) is 63.0 Å². The van der Waals surface area contributed by atoms with E-state index in [0.29, 0.717) is 0 Å². The van der Waals surface area contributed by atoms with Crippen LogP contribution >= 0.6 is 44.3 Å². The van der Waals surface area contributed by atoms with Crippen molar-refractivity contribution in [2.75, 3.05) is 0 Å². The van der Waals surface area contributed by atoms with Crippen LogP contribution in [0, 0.1) is 33.3 Å². The van der Waals surface area contributed by atoms with Crippen molar-refractivity contribution in [1.82, 2.24) is 0 Å². The SMILES string of the molecule is F[PH+](F)F.F[PH+](F)F.F[PH+](F)F.F[PH+](F)F.F[PH+](F)F.[C-]#[O+].[C-]#[O+].[C-]#[O+].[C-]#[O+].[C-]#[O+].[Fe].[Fe]. The first kappa shape index (κ1) is 76.7. The van der Waals surface area contributed by atoms with Crippen molar-refractivity contribution in [1.29, 1.82) is 0 Å². The summed E-state index contributed by atoms with van der Waals surface area (Å²) in [5.74, 6) is 0. The Morgan fingerprint density at radius 3 is 0.250 bits per heavy atom. The van der Waals surface area contributed by atoms with Crippen molar-refractivity contribution in [3.05, 3.63) is 33.3 Å². The van der Waals surface area contributed by atoms with Gasteiger partial charge in [-0.2, -0.15) is 0 Å². The van der Waals surface area contributed by atoms with Gasteiger partial charge in [-0.25, -0.2) is 0 Å². The van der Waals surface area contributed by atoms with Crippen LogP contribution in [0.15, 0.2) is 0 Å². The largest absolute Gasteiger partial charge is 0 e. The zero-order chi connectivity index (χ0) is 27.9. The molecule has 0 heterocycles. The maximum absolute atomic E-state index is 9.77. The van der Waals surface area contributed by atoms with Gasteiger partial charge in [0, 0.05) is 97.1 Å². The van der Waals surface area contributed by atoms with Crippen LogP contribution in [0.5, 0.6) is 0 Å². The van der Waals surface area contributed by atoms with Gasteiger partial charge in [0.25, 0.3) is 0 Å². The second kappa shape index (κ2) is 121. The van der Waals surface area contributed by atoms with Crippen LogP contribution in [0.1, 0.15) is 0 Å². The van der Waals surface area contributed by atoms with Crippen molar-refractivity contribution >= 4 is 44.3 Å². The maximum Gasteiger partial charge on any atom is 0 e. The van der Waals surface area contributed by atoms with Gasteiger partial charge in [-0.15, -0.1) is 0 Å². The molecule has 0 aromatic carbocycles. The Morgan fingerprint density at radius 2 is 0.250 bits per heavy atom. The van der Waals surface area contributed by atoms with Gasteiger partial charge < -0.3 is 0 Å². The fraction of sp³-hybridized carbons (Fsp3) is 0. The predicted molar refractivity (Wildman–Crippen MR) is 77.8 cm³/mol. The molecule has 0 saturated carbocycles. The van der Waals surface area contributed by atoms with E-state index in [4.69, 9.17) is 23.3 Å². The van der Waals surface area contributed by atoms with E-state index in [1.807, 2.05) is 0 Å². The van der Waals surface area contributed by atoms with Crippen LogP contribution in [0.25, 0.3) is 0 Å².